The molecule has 126 valence electrons. The van der Waals surface area contributed by atoms with Crippen LogP contribution in [0.5, 0.6) is 0 Å². The summed E-state index contributed by atoms with van der Waals surface area (Å²) in [5.41, 5.74) is 0.391. The highest BCUT2D eigenvalue weighted by Gasteiger charge is 2.17. The summed E-state index contributed by atoms with van der Waals surface area (Å²) in [5.74, 6) is 0.220. The summed E-state index contributed by atoms with van der Waals surface area (Å²) in [6, 6.07) is 13.2. The van der Waals surface area contributed by atoms with E-state index in [-0.39, 0.29) is 12.4 Å². The van der Waals surface area contributed by atoms with E-state index in [9.17, 15) is 15.2 Å². The van der Waals surface area contributed by atoms with Gasteiger partial charge in [0.2, 0.25) is 5.65 Å². The third-order valence-corrected chi connectivity index (χ3v) is 5.00. The summed E-state index contributed by atoms with van der Waals surface area (Å²) < 4.78 is 2.28. The minimum atomic E-state index is -0.701. The summed E-state index contributed by atoms with van der Waals surface area (Å²) >= 11 is 1.54. The van der Waals surface area contributed by atoms with E-state index in [0.717, 1.165) is 25.7 Å². The smallest absolute Gasteiger partial charge is 0.368 e. The lowest BCUT2D eigenvalue weighted by Gasteiger charge is -2.09. The van der Waals surface area contributed by atoms with Gasteiger partial charge in [0.1, 0.15) is 12.3 Å². The van der Waals surface area contributed by atoms with Crippen molar-refractivity contribution in [3.8, 4) is 0 Å². The molecule has 9 heteroatoms. The molecule has 3 aromatic heterocycles. The van der Waals surface area contributed by atoms with E-state index in [1.165, 1.54) is 11.3 Å². The maximum Gasteiger partial charge on any atom is 0.368 e. The van der Waals surface area contributed by atoms with Crippen LogP contribution in [0.4, 0.5) is 11.6 Å². The predicted molar refractivity (Wildman–Crippen MR) is 94.9 cm³/mol. The largest absolute Gasteiger partial charge is 0.386 e. The van der Waals surface area contributed by atoms with Gasteiger partial charge in [-0.25, -0.2) is 4.98 Å². The first-order valence-electron chi connectivity index (χ1n) is 7.51. The number of benzene rings is 1. The molecule has 0 saturated heterocycles. The Hall–Kier alpha value is -3.04. The van der Waals surface area contributed by atoms with Gasteiger partial charge in [0.05, 0.1) is 0 Å². The number of rotatable bonds is 5. The van der Waals surface area contributed by atoms with Crippen molar-refractivity contribution >= 4 is 38.7 Å². The fourth-order valence-corrected chi connectivity index (χ4v) is 3.60. The summed E-state index contributed by atoms with van der Waals surface area (Å²) in [6.07, 6.45) is 0.464. The van der Waals surface area contributed by atoms with Crippen LogP contribution in [0.1, 0.15) is 11.0 Å². The van der Waals surface area contributed by atoms with E-state index in [4.69, 9.17) is 0 Å². The van der Waals surface area contributed by atoms with Crippen LogP contribution in [0, 0.1) is 10.1 Å². The number of aliphatic hydroxyl groups excluding tert-OH is 1. The number of nitrogens with zero attached hydrogens (tertiary/aromatic N) is 4. The second-order valence-corrected chi connectivity index (χ2v) is 6.56. The number of aliphatic hydroxyl groups is 1. The van der Waals surface area contributed by atoms with E-state index in [0.29, 0.717) is 11.5 Å². The normalized spacial score (nSPS) is 12.5. The lowest BCUT2D eigenvalue weighted by atomic mass is 10.2. The van der Waals surface area contributed by atoms with Crippen LogP contribution in [-0.4, -0.2) is 31.2 Å². The van der Waals surface area contributed by atoms with Gasteiger partial charge in [-0.2, -0.15) is 0 Å². The van der Waals surface area contributed by atoms with Crippen LogP contribution in [0.3, 0.4) is 0 Å². The number of nitro groups is 1. The van der Waals surface area contributed by atoms with Gasteiger partial charge in [0, 0.05) is 22.2 Å². The molecule has 0 spiro atoms. The number of imidazole rings is 1. The minimum Gasteiger partial charge on any atom is -0.386 e. The Kier molecular flexibility index (Phi) is 3.79. The van der Waals surface area contributed by atoms with Crippen LogP contribution >= 0.6 is 11.3 Å². The zero-order chi connectivity index (χ0) is 17.4. The van der Waals surface area contributed by atoms with Crippen LogP contribution in [0.25, 0.3) is 15.7 Å². The number of aromatic nitrogens is 3. The van der Waals surface area contributed by atoms with Crippen molar-refractivity contribution in [2.45, 2.75) is 6.10 Å². The molecule has 0 amide bonds. The van der Waals surface area contributed by atoms with E-state index < -0.39 is 11.0 Å². The molecular formula is C16H13N5O3S. The monoisotopic (exact) mass is 355 g/mol. The van der Waals surface area contributed by atoms with Crippen LogP contribution in [0.15, 0.2) is 48.7 Å². The molecule has 4 aromatic rings. The molecule has 1 atom stereocenters. The first kappa shape index (κ1) is 15.5. The lowest BCUT2D eigenvalue weighted by molar-refractivity contribution is -0.391. The van der Waals surface area contributed by atoms with Crippen LogP contribution in [0.2, 0.25) is 0 Å². The summed E-state index contributed by atoms with van der Waals surface area (Å²) in [4.78, 5) is 15.2. The minimum absolute atomic E-state index is 0.205. The van der Waals surface area contributed by atoms with E-state index in [1.807, 2.05) is 30.3 Å². The SMILES string of the molecule is O=[N+]([O-])c1cnc2ccc(NCC(O)c3cc4ccccc4s3)nn12. The standard InChI is InChI=1S/C16H13N5O3S/c22-11(13-7-10-3-1-2-4-12(10)25-13)8-17-14-5-6-15-18-9-16(21(23)24)20(15)19-14/h1-7,9,11,22H,8H2,(H,17,19). The van der Waals surface area contributed by atoms with Crippen molar-refractivity contribution in [1.82, 2.24) is 14.6 Å². The molecule has 0 aliphatic carbocycles. The predicted octanol–water partition coefficient (Wildman–Crippen LogP) is 3.00. The summed E-state index contributed by atoms with van der Waals surface area (Å²) in [6.45, 7) is 0.244. The number of thiophene rings is 1. The highest BCUT2D eigenvalue weighted by molar-refractivity contribution is 7.19. The molecule has 3 heterocycles. The molecule has 0 aliphatic rings. The zero-order valence-corrected chi connectivity index (χ0v) is 13.7. The Balaban J connectivity index is 1.53. The van der Waals surface area contributed by atoms with Gasteiger partial charge < -0.3 is 20.5 Å². The van der Waals surface area contributed by atoms with Crippen molar-refractivity contribution in [3.05, 3.63) is 63.7 Å². The molecule has 2 N–H and O–H groups in total. The van der Waals surface area contributed by atoms with Gasteiger partial charge in [-0.15, -0.1) is 11.3 Å². The molecule has 0 bridgehead atoms. The molecule has 0 fully saturated rings. The molecule has 0 radical (unpaired) electrons. The van der Waals surface area contributed by atoms with Crippen LogP contribution in [-0.2, 0) is 0 Å². The average molecular weight is 355 g/mol. The number of fused-ring (bicyclic) bond motifs is 2. The van der Waals surface area contributed by atoms with Crippen molar-refractivity contribution in [1.29, 1.82) is 0 Å². The quantitative estimate of drug-likeness (QED) is 0.421. The molecule has 0 saturated carbocycles. The number of nitrogens with one attached hydrogen (secondary N) is 1. The number of hydrogen-bond acceptors (Lipinski definition) is 7. The van der Waals surface area contributed by atoms with Crippen LogP contribution < -0.4 is 5.32 Å². The summed E-state index contributed by atoms with van der Waals surface area (Å²) in [7, 11) is 0. The number of anilines is 1. The van der Waals surface area contributed by atoms with Gasteiger partial charge in [-0.05, 0) is 28.5 Å². The fraction of sp³-hybridized carbons (Fsp3) is 0.125. The van der Waals surface area contributed by atoms with E-state index in [2.05, 4.69) is 15.4 Å². The summed E-state index contributed by atoms with van der Waals surface area (Å²) in [5, 5.41) is 29.6. The second kappa shape index (κ2) is 6.11. The molecule has 8 nitrogen and oxygen atoms in total. The fourth-order valence-electron chi connectivity index (χ4n) is 2.55. The molecule has 4 rings (SSSR count). The maximum atomic E-state index is 11.0. The molecular weight excluding hydrogens is 342 g/mol. The van der Waals surface area contributed by atoms with Crippen molar-refractivity contribution in [2.24, 2.45) is 0 Å². The van der Waals surface area contributed by atoms with Gasteiger partial charge in [-0.1, -0.05) is 27.8 Å². The zero-order valence-electron chi connectivity index (χ0n) is 12.9. The first-order valence-corrected chi connectivity index (χ1v) is 8.33. The van der Waals surface area contributed by atoms with Gasteiger partial charge in [0.15, 0.2) is 5.82 Å². The van der Waals surface area contributed by atoms with Crippen molar-refractivity contribution in [3.63, 3.8) is 0 Å². The van der Waals surface area contributed by atoms with E-state index >= 15 is 0 Å². The molecule has 1 unspecified atom stereocenters. The second-order valence-electron chi connectivity index (χ2n) is 5.45. The molecule has 25 heavy (non-hydrogen) atoms. The third-order valence-electron chi connectivity index (χ3n) is 3.78. The highest BCUT2D eigenvalue weighted by Crippen LogP contribution is 2.29. The Morgan fingerprint density at radius 3 is 2.96 bits per heavy atom. The lowest BCUT2D eigenvalue weighted by Crippen LogP contribution is -2.13. The van der Waals surface area contributed by atoms with Crippen molar-refractivity contribution in [2.75, 3.05) is 11.9 Å². The first-order chi connectivity index (χ1) is 12.1. The van der Waals surface area contributed by atoms with Crippen molar-refractivity contribution < 1.29 is 10.0 Å². The maximum absolute atomic E-state index is 11.0. The van der Waals surface area contributed by atoms with E-state index in [1.54, 1.807) is 12.1 Å². The van der Waals surface area contributed by atoms with Gasteiger partial charge >= 0.3 is 5.82 Å². The third kappa shape index (κ3) is 2.90. The van der Waals surface area contributed by atoms with Gasteiger partial charge in [-0.3, -0.25) is 0 Å². The Labute approximate surface area is 145 Å². The number of hydrogen-bond donors (Lipinski definition) is 2. The Bertz CT molecular complexity index is 1040. The molecule has 0 aliphatic heterocycles. The topological polar surface area (TPSA) is 106 Å². The average Bonchev–Trinajstić information content (AvgIpc) is 3.23. The Morgan fingerprint density at radius 2 is 2.16 bits per heavy atom. The Morgan fingerprint density at radius 1 is 1.32 bits per heavy atom. The highest BCUT2D eigenvalue weighted by atomic mass is 32.1. The van der Waals surface area contributed by atoms with Gasteiger partial charge in [0.25, 0.3) is 0 Å². The molecule has 1 aromatic carbocycles.